The summed E-state index contributed by atoms with van der Waals surface area (Å²) < 4.78 is 29.1. The Labute approximate surface area is 244 Å². The molecule has 0 saturated carbocycles. The second-order valence-electron chi connectivity index (χ2n) is 10.5. The summed E-state index contributed by atoms with van der Waals surface area (Å²) >= 11 is 1.21. The minimum absolute atomic E-state index is 0.285. The number of anilines is 4. The van der Waals surface area contributed by atoms with Crippen LogP contribution >= 0.6 is 11.3 Å². The first-order valence-electron chi connectivity index (χ1n) is 13.9. The van der Waals surface area contributed by atoms with Crippen LogP contribution in [-0.4, -0.2) is 73.0 Å². The average Bonchev–Trinajstić information content (AvgIpc) is 3.18. The van der Waals surface area contributed by atoms with Gasteiger partial charge < -0.3 is 19.6 Å². The number of piperidine rings is 1. The molecule has 13 heteroatoms. The summed E-state index contributed by atoms with van der Waals surface area (Å²) in [7, 11) is -3.27. The number of hydrogen-bond donors (Lipinski definition) is 2. The molecule has 0 atom stereocenters. The fraction of sp³-hybridized carbons (Fsp3) is 0.500. The number of benzene rings is 1. The summed E-state index contributed by atoms with van der Waals surface area (Å²) in [5.41, 5.74) is 2.63. The van der Waals surface area contributed by atoms with Crippen LogP contribution in [0.3, 0.4) is 0 Å². The predicted octanol–water partition coefficient (Wildman–Crippen LogP) is 3.87. The summed E-state index contributed by atoms with van der Waals surface area (Å²) in [6, 6.07) is 6.99. The third kappa shape index (κ3) is 6.79. The Morgan fingerprint density at radius 3 is 2.49 bits per heavy atom. The number of carbonyl (C=O) groups is 1. The molecule has 0 aliphatic carbocycles. The second kappa shape index (κ2) is 12.3. The number of carbonyl (C=O) groups excluding carboxylic acids is 1. The topological polar surface area (TPSA) is 138 Å². The van der Waals surface area contributed by atoms with Crippen molar-refractivity contribution in [2.24, 2.45) is 0 Å². The van der Waals surface area contributed by atoms with Crippen LogP contribution in [0.5, 0.6) is 0 Å². The molecule has 41 heavy (non-hydrogen) atoms. The zero-order chi connectivity index (χ0) is 29.1. The number of aliphatic hydroxyl groups is 1. The van der Waals surface area contributed by atoms with Crippen molar-refractivity contribution in [3.63, 3.8) is 0 Å². The first-order chi connectivity index (χ1) is 19.6. The number of hydrogen-bond acceptors (Lipinski definition) is 12. The number of aliphatic hydroxyl groups excluding tert-OH is 1. The molecule has 0 bridgehead atoms. The molecule has 2 aliphatic rings. The number of aromatic nitrogens is 3. The molecular weight excluding hydrogens is 564 g/mol. The van der Waals surface area contributed by atoms with Crippen molar-refractivity contribution < 1.29 is 23.1 Å². The number of fused-ring (bicyclic) bond motifs is 1. The van der Waals surface area contributed by atoms with Gasteiger partial charge >= 0.3 is 5.97 Å². The Kier molecular flexibility index (Phi) is 8.76. The van der Waals surface area contributed by atoms with E-state index in [1.807, 2.05) is 12.1 Å². The van der Waals surface area contributed by atoms with Crippen molar-refractivity contribution >= 4 is 49.9 Å². The highest BCUT2D eigenvalue weighted by Gasteiger charge is 2.28. The maximum Gasteiger partial charge on any atom is 0.350 e. The maximum absolute atomic E-state index is 12.4. The molecule has 2 aromatic heterocycles. The van der Waals surface area contributed by atoms with Gasteiger partial charge in [0, 0.05) is 38.0 Å². The zero-order valence-corrected chi connectivity index (χ0v) is 25.2. The molecule has 1 saturated heterocycles. The van der Waals surface area contributed by atoms with Gasteiger partial charge in [-0.15, -0.1) is 0 Å². The Hall–Kier alpha value is -3.29. The second-order valence-corrected chi connectivity index (χ2v) is 13.5. The standard InChI is InChI=1S/C28H36N6O5S2/c1-4-39-26(36)23-18(2)29-28(40-23)32-27-30-24(33-15-12-20(35)13-16-33)22-7-5-6-14-34(25(22)31-27)17-19-8-10-21(11-9-19)41(3,37)38/h8-11,20,35H,4-7,12-17H2,1-3H3,(H,29,30,31,32). The van der Waals surface area contributed by atoms with E-state index < -0.39 is 15.8 Å². The van der Waals surface area contributed by atoms with E-state index in [-0.39, 0.29) is 12.7 Å². The molecule has 2 aliphatic heterocycles. The van der Waals surface area contributed by atoms with Gasteiger partial charge in [0.1, 0.15) is 16.5 Å². The molecule has 0 unspecified atom stereocenters. The number of nitrogens with one attached hydrogen (secondary N) is 1. The van der Waals surface area contributed by atoms with Crippen LogP contribution in [0.15, 0.2) is 29.2 Å². The molecular formula is C28H36N6O5S2. The van der Waals surface area contributed by atoms with E-state index in [9.17, 15) is 18.3 Å². The van der Waals surface area contributed by atoms with Gasteiger partial charge in [0.25, 0.3) is 0 Å². The molecule has 1 aromatic carbocycles. The van der Waals surface area contributed by atoms with E-state index in [0.29, 0.717) is 59.0 Å². The van der Waals surface area contributed by atoms with Gasteiger partial charge in [-0.05, 0) is 63.6 Å². The third-order valence-corrected chi connectivity index (χ3v) is 9.51. The minimum Gasteiger partial charge on any atom is -0.462 e. The normalized spacial score (nSPS) is 16.3. The highest BCUT2D eigenvalue weighted by atomic mass is 32.2. The fourth-order valence-corrected chi connectivity index (χ4v) is 6.68. The highest BCUT2D eigenvalue weighted by molar-refractivity contribution is 7.90. The third-order valence-electron chi connectivity index (χ3n) is 7.33. The quantitative estimate of drug-likeness (QED) is 0.365. The first-order valence-corrected chi connectivity index (χ1v) is 16.6. The number of thiazole rings is 1. The molecule has 5 rings (SSSR count). The maximum atomic E-state index is 12.4. The zero-order valence-electron chi connectivity index (χ0n) is 23.6. The predicted molar refractivity (Wildman–Crippen MR) is 159 cm³/mol. The summed E-state index contributed by atoms with van der Waals surface area (Å²) in [4.78, 5) is 32.0. The van der Waals surface area contributed by atoms with E-state index in [0.717, 1.165) is 48.6 Å². The van der Waals surface area contributed by atoms with E-state index >= 15 is 0 Å². The van der Waals surface area contributed by atoms with Gasteiger partial charge in [0.2, 0.25) is 5.95 Å². The van der Waals surface area contributed by atoms with Crippen molar-refractivity contribution in [3.8, 4) is 0 Å². The summed E-state index contributed by atoms with van der Waals surface area (Å²) in [5.74, 6) is 1.65. The van der Waals surface area contributed by atoms with Crippen LogP contribution in [-0.2, 0) is 27.5 Å². The van der Waals surface area contributed by atoms with Crippen molar-refractivity contribution in [2.75, 3.05) is 47.6 Å². The number of nitrogens with zero attached hydrogens (tertiary/aromatic N) is 5. The molecule has 4 heterocycles. The Morgan fingerprint density at radius 1 is 1.10 bits per heavy atom. The minimum atomic E-state index is -3.27. The molecule has 220 valence electrons. The first kappa shape index (κ1) is 29.2. The van der Waals surface area contributed by atoms with Crippen molar-refractivity contribution in [3.05, 3.63) is 46.0 Å². The fourth-order valence-electron chi connectivity index (χ4n) is 5.20. The highest BCUT2D eigenvalue weighted by Crippen LogP contribution is 2.36. The lowest BCUT2D eigenvalue weighted by Gasteiger charge is -2.33. The van der Waals surface area contributed by atoms with Crippen LogP contribution < -0.4 is 15.1 Å². The number of rotatable bonds is 8. The molecule has 1 fully saturated rings. The molecule has 0 spiro atoms. The van der Waals surface area contributed by atoms with Gasteiger partial charge in [0.05, 0.1) is 23.3 Å². The lowest BCUT2D eigenvalue weighted by Crippen LogP contribution is -2.37. The Morgan fingerprint density at radius 2 is 1.80 bits per heavy atom. The Bertz CT molecular complexity index is 1500. The smallest absolute Gasteiger partial charge is 0.350 e. The summed E-state index contributed by atoms with van der Waals surface area (Å²) in [6.45, 7) is 6.57. The molecule has 2 N–H and O–H groups in total. The number of ether oxygens (including phenoxy) is 1. The molecule has 0 radical (unpaired) electrons. The lowest BCUT2D eigenvalue weighted by atomic mass is 10.1. The molecule has 11 nitrogen and oxygen atoms in total. The number of sulfone groups is 1. The monoisotopic (exact) mass is 600 g/mol. The van der Waals surface area contributed by atoms with E-state index in [2.05, 4.69) is 20.1 Å². The van der Waals surface area contributed by atoms with Gasteiger partial charge in [-0.25, -0.2) is 18.2 Å². The summed E-state index contributed by atoms with van der Waals surface area (Å²) in [6.07, 6.45) is 5.04. The van der Waals surface area contributed by atoms with Crippen molar-refractivity contribution in [1.82, 2.24) is 15.0 Å². The van der Waals surface area contributed by atoms with Gasteiger partial charge in [-0.2, -0.15) is 9.97 Å². The van der Waals surface area contributed by atoms with Crippen LogP contribution in [0.2, 0.25) is 0 Å². The molecule has 0 amide bonds. The summed E-state index contributed by atoms with van der Waals surface area (Å²) in [5, 5.41) is 13.9. The van der Waals surface area contributed by atoms with Gasteiger partial charge in [-0.3, -0.25) is 5.32 Å². The van der Waals surface area contributed by atoms with Crippen molar-refractivity contribution in [2.45, 2.75) is 63.5 Å². The van der Waals surface area contributed by atoms with Crippen LogP contribution in [0, 0.1) is 6.92 Å². The van der Waals surface area contributed by atoms with Crippen LogP contribution in [0.1, 0.15) is 59.1 Å². The average molecular weight is 601 g/mol. The van der Waals surface area contributed by atoms with Crippen LogP contribution in [0.4, 0.5) is 22.7 Å². The SMILES string of the molecule is CCOC(=O)c1sc(Nc2nc(N3CCC(O)CC3)c3c(n2)N(Cc2ccc(S(C)(=O)=O)cc2)CCCC3)nc1C. The Balaban J connectivity index is 1.51. The van der Waals surface area contributed by atoms with Crippen molar-refractivity contribution in [1.29, 1.82) is 0 Å². The van der Waals surface area contributed by atoms with E-state index in [4.69, 9.17) is 14.7 Å². The van der Waals surface area contributed by atoms with E-state index in [1.54, 1.807) is 26.0 Å². The van der Waals surface area contributed by atoms with Crippen LogP contribution in [0.25, 0.3) is 0 Å². The van der Waals surface area contributed by atoms with Gasteiger partial charge in [-0.1, -0.05) is 23.5 Å². The van der Waals surface area contributed by atoms with Gasteiger partial charge in [0.15, 0.2) is 15.0 Å². The van der Waals surface area contributed by atoms with E-state index in [1.165, 1.54) is 17.6 Å². The lowest BCUT2D eigenvalue weighted by molar-refractivity contribution is 0.0531. The molecule has 3 aromatic rings. The largest absolute Gasteiger partial charge is 0.462 e. The number of esters is 1. The number of aryl methyl sites for hydroxylation is 1.